The van der Waals surface area contributed by atoms with Crippen LogP contribution in [0.5, 0.6) is 0 Å². The molecule has 2 heterocycles. The number of aryl methyl sites for hydroxylation is 2. The Morgan fingerprint density at radius 1 is 1.42 bits per heavy atom. The minimum Gasteiger partial charge on any atom is -0.346 e. The number of carbonyl (C=O) groups is 1. The Kier molecular flexibility index (Phi) is 3.53. The summed E-state index contributed by atoms with van der Waals surface area (Å²) in [4.78, 5) is 18.6. The fourth-order valence-corrected chi connectivity index (χ4v) is 3.62. The second-order valence-electron chi connectivity index (χ2n) is 4.56. The Balaban J connectivity index is 1.64. The van der Waals surface area contributed by atoms with Crippen molar-refractivity contribution in [1.82, 2.24) is 10.3 Å². The zero-order valence-corrected chi connectivity index (χ0v) is 11.9. The van der Waals surface area contributed by atoms with E-state index in [1.165, 1.54) is 40.8 Å². The molecule has 0 fully saturated rings. The Morgan fingerprint density at radius 2 is 2.32 bits per heavy atom. The van der Waals surface area contributed by atoms with Crippen molar-refractivity contribution < 1.29 is 4.79 Å². The van der Waals surface area contributed by atoms with E-state index in [4.69, 9.17) is 11.6 Å². The van der Waals surface area contributed by atoms with E-state index in [0.29, 0.717) is 17.3 Å². The number of amides is 1. The predicted molar refractivity (Wildman–Crippen MR) is 76.8 cm³/mol. The third-order valence-corrected chi connectivity index (χ3v) is 4.65. The molecule has 0 unspecified atom stereocenters. The van der Waals surface area contributed by atoms with E-state index < -0.39 is 0 Å². The molecular weight excluding hydrogens is 280 g/mol. The highest BCUT2D eigenvalue weighted by atomic mass is 35.5. The normalized spacial score (nSPS) is 13.3. The van der Waals surface area contributed by atoms with E-state index in [1.54, 1.807) is 23.5 Å². The Labute approximate surface area is 120 Å². The number of hydrogen-bond donors (Lipinski definition) is 1. The molecule has 1 aliphatic carbocycles. The minimum absolute atomic E-state index is 0.184. The molecule has 1 aliphatic rings. The summed E-state index contributed by atoms with van der Waals surface area (Å²) in [6.07, 6.45) is 5.16. The molecule has 0 spiro atoms. The van der Waals surface area contributed by atoms with Gasteiger partial charge in [0.2, 0.25) is 0 Å². The van der Waals surface area contributed by atoms with Crippen molar-refractivity contribution in [1.29, 1.82) is 0 Å². The molecule has 2 aromatic rings. The molecule has 1 amide bonds. The number of hydrogen-bond acceptors (Lipinski definition) is 3. The number of nitrogens with one attached hydrogen (secondary N) is 1. The van der Waals surface area contributed by atoms with Gasteiger partial charge in [-0.3, -0.25) is 9.78 Å². The number of halogens is 1. The van der Waals surface area contributed by atoms with Crippen molar-refractivity contribution >= 4 is 28.8 Å². The molecule has 2 aromatic heterocycles. The molecule has 1 N–H and O–H groups in total. The van der Waals surface area contributed by atoms with Gasteiger partial charge in [0.05, 0.1) is 6.54 Å². The first kappa shape index (κ1) is 12.6. The monoisotopic (exact) mass is 292 g/mol. The van der Waals surface area contributed by atoms with Crippen LogP contribution in [0.15, 0.2) is 24.4 Å². The molecule has 0 aromatic carbocycles. The first-order valence-electron chi connectivity index (χ1n) is 6.22. The molecule has 0 saturated heterocycles. The summed E-state index contributed by atoms with van der Waals surface area (Å²) in [5.41, 5.74) is 1.81. The number of carbonyl (C=O) groups excluding carboxylic acids is 1. The van der Waals surface area contributed by atoms with Gasteiger partial charge in [-0.15, -0.1) is 11.3 Å². The van der Waals surface area contributed by atoms with Gasteiger partial charge >= 0.3 is 0 Å². The van der Waals surface area contributed by atoms with Crippen molar-refractivity contribution in [3.63, 3.8) is 0 Å². The minimum atomic E-state index is -0.184. The van der Waals surface area contributed by atoms with Crippen LogP contribution in [0.1, 0.15) is 32.2 Å². The van der Waals surface area contributed by atoms with Gasteiger partial charge in [0.25, 0.3) is 5.91 Å². The third-order valence-electron chi connectivity index (χ3n) is 3.18. The van der Waals surface area contributed by atoms with E-state index in [2.05, 4.69) is 16.4 Å². The fraction of sp³-hybridized carbons (Fsp3) is 0.286. The van der Waals surface area contributed by atoms with Crippen molar-refractivity contribution in [2.45, 2.75) is 25.8 Å². The first-order valence-corrected chi connectivity index (χ1v) is 7.42. The summed E-state index contributed by atoms with van der Waals surface area (Å²) in [5, 5.41) is 3.40. The highest BCUT2D eigenvalue weighted by molar-refractivity contribution is 7.12. The maximum atomic E-state index is 11.9. The highest BCUT2D eigenvalue weighted by Crippen LogP contribution is 2.30. The van der Waals surface area contributed by atoms with Gasteiger partial charge in [0, 0.05) is 21.0 Å². The Bertz CT molecular complexity index is 602. The fourth-order valence-electron chi connectivity index (χ4n) is 2.26. The number of fused-ring (bicyclic) bond motifs is 1. The summed E-state index contributed by atoms with van der Waals surface area (Å²) in [6.45, 7) is 0.560. The lowest BCUT2D eigenvalue weighted by molar-refractivity contribution is 0.0946. The van der Waals surface area contributed by atoms with Gasteiger partial charge in [-0.2, -0.15) is 0 Å². The number of aromatic nitrogens is 1. The number of nitrogens with zero attached hydrogens (tertiary/aromatic N) is 1. The third kappa shape index (κ3) is 2.80. The topological polar surface area (TPSA) is 42.0 Å². The molecule has 0 aliphatic heterocycles. The summed E-state index contributed by atoms with van der Waals surface area (Å²) < 4.78 is 0. The van der Waals surface area contributed by atoms with Crippen molar-refractivity contribution in [3.8, 4) is 0 Å². The molecule has 0 radical (unpaired) electrons. The maximum Gasteiger partial charge on any atom is 0.270 e. The van der Waals surface area contributed by atoms with Gasteiger partial charge in [-0.05, 0) is 43.0 Å². The van der Waals surface area contributed by atoms with Gasteiger partial charge in [0.1, 0.15) is 5.69 Å². The number of pyridine rings is 1. The molecular formula is C14H13ClN2OS. The zero-order chi connectivity index (χ0) is 13.2. The van der Waals surface area contributed by atoms with Crippen molar-refractivity contribution in [3.05, 3.63) is 50.4 Å². The van der Waals surface area contributed by atoms with Crippen LogP contribution >= 0.6 is 22.9 Å². The lowest BCUT2D eigenvalue weighted by Gasteiger charge is -2.03. The largest absolute Gasteiger partial charge is 0.346 e. The zero-order valence-electron chi connectivity index (χ0n) is 10.3. The van der Waals surface area contributed by atoms with Gasteiger partial charge < -0.3 is 5.32 Å². The average molecular weight is 293 g/mol. The SMILES string of the molecule is O=C(NCc1cc2c(s1)CCC2)c1cc(Cl)ccn1. The molecule has 0 bridgehead atoms. The predicted octanol–water partition coefficient (Wildman–Crippen LogP) is 3.22. The maximum absolute atomic E-state index is 11.9. The van der Waals surface area contributed by atoms with E-state index in [9.17, 15) is 4.79 Å². The quantitative estimate of drug-likeness (QED) is 0.944. The smallest absolute Gasteiger partial charge is 0.270 e. The van der Waals surface area contributed by atoms with Crippen LogP contribution in [-0.4, -0.2) is 10.9 Å². The van der Waals surface area contributed by atoms with Crippen LogP contribution < -0.4 is 5.32 Å². The molecule has 5 heteroatoms. The second kappa shape index (κ2) is 5.31. The summed E-state index contributed by atoms with van der Waals surface area (Å²) in [7, 11) is 0. The first-order chi connectivity index (χ1) is 9.22. The van der Waals surface area contributed by atoms with Crippen molar-refractivity contribution in [2.24, 2.45) is 0 Å². The van der Waals surface area contributed by atoms with Crippen molar-refractivity contribution in [2.75, 3.05) is 0 Å². The summed E-state index contributed by atoms with van der Waals surface area (Å²) in [5.74, 6) is -0.184. The van der Waals surface area contributed by atoms with Gasteiger partial charge in [0.15, 0.2) is 0 Å². The Morgan fingerprint density at radius 3 is 3.11 bits per heavy atom. The van der Waals surface area contributed by atoms with Crippen LogP contribution in [0, 0.1) is 0 Å². The molecule has 98 valence electrons. The van der Waals surface area contributed by atoms with Crippen LogP contribution in [0.2, 0.25) is 5.02 Å². The number of rotatable bonds is 3. The van der Waals surface area contributed by atoms with E-state index in [1.807, 2.05) is 0 Å². The van der Waals surface area contributed by atoms with Crippen LogP contribution in [0.25, 0.3) is 0 Å². The molecule has 3 nitrogen and oxygen atoms in total. The molecule has 3 rings (SSSR count). The molecule has 19 heavy (non-hydrogen) atoms. The molecule has 0 saturated carbocycles. The standard InChI is InChI=1S/C14H13ClN2OS/c15-10-4-5-16-12(7-10)14(18)17-8-11-6-9-2-1-3-13(9)19-11/h4-7H,1-3,8H2,(H,17,18). The highest BCUT2D eigenvalue weighted by Gasteiger charge is 2.15. The van der Waals surface area contributed by atoms with E-state index in [-0.39, 0.29) is 5.91 Å². The lowest BCUT2D eigenvalue weighted by Crippen LogP contribution is -2.23. The van der Waals surface area contributed by atoms with Gasteiger partial charge in [-0.1, -0.05) is 11.6 Å². The van der Waals surface area contributed by atoms with E-state index >= 15 is 0 Å². The van der Waals surface area contributed by atoms with Crippen LogP contribution in [-0.2, 0) is 19.4 Å². The number of thiophene rings is 1. The second-order valence-corrected chi connectivity index (χ2v) is 6.21. The Hall–Kier alpha value is -1.39. The van der Waals surface area contributed by atoms with Crippen LogP contribution in [0.4, 0.5) is 0 Å². The van der Waals surface area contributed by atoms with Gasteiger partial charge in [-0.25, -0.2) is 0 Å². The van der Waals surface area contributed by atoms with E-state index in [0.717, 1.165) is 0 Å². The average Bonchev–Trinajstić information content (AvgIpc) is 2.96. The molecule has 0 atom stereocenters. The summed E-state index contributed by atoms with van der Waals surface area (Å²) in [6, 6.07) is 5.44. The lowest BCUT2D eigenvalue weighted by atomic mass is 10.2. The van der Waals surface area contributed by atoms with Crippen LogP contribution in [0.3, 0.4) is 0 Å². The summed E-state index contributed by atoms with van der Waals surface area (Å²) >= 11 is 7.64.